The van der Waals surface area contributed by atoms with E-state index in [4.69, 9.17) is 4.74 Å². The Balaban J connectivity index is 1.47. The number of ether oxygens (including phenoxy) is 2. The van der Waals surface area contributed by atoms with Gasteiger partial charge in [0.1, 0.15) is 12.0 Å². The molecule has 1 unspecified atom stereocenters. The van der Waals surface area contributed by atoms with Crippen LogP contribution in [0.1, 0.15) is 44.8 Å². The molecule has 2 amide bonds. The second-order valence-corrected chi connectivity index (χ2v) is 8.31. The van der Waals surface area contributed by atoms with E-state index in [1.54, 1.807) is 21.8 Å². The van der Waals surface area contributed by atoms with E-state index in [1.807, 2.05) is 0 Å². The highest BCUT2D eigenvalue weighted by Gasteiger charge is 2.24. The lowest BCUT2D eigenvalue weighted by atomic mass is 10.1. The average Bonchev–Trinajstić information content (AvgIpc) is 3.43. The van der Waals surface area contributed by atoms with Gasteiger partial charge in [-0.2, -0.15) is 13.9 Å². The quantitative estimate of drug-likeness (QED) is 0.573. The van der Waals surface area contributed by atoms with Crippen LogP contribution in [0.3, 0.4) is 0 Å². The summed E-state index contributed by atoms with van der Waals surface area (Å²) in [5, 5.41) is 7.67. The Morgan fingerprint density at radius 3 is 2.82 bits per heavy atom. The molecule has 0 spiro atoms. The molecule has 33 heavy (non-hydrogen) atoms. The Bertz CT molecular complexity index is 1120. The van der Waals surface area contributed by atoms with E-state index in [2.05, 4.69) is 25.1 Å². The Morgan fingerprint density at radius 1 is 1.21 bits per heavy atom. The van der Waals surface area contributed by atoms with E-state index in [0.717, 1.165) is 51.6 Å². The molecule has 0 radical (unpaired) electrons. The van der Waals surface area contributed by atoms with Gasteiger partial charge in [0.05, 0.1) is 22.9 Å². The molecule has 9 nitrogen and oxygen atoms in total. The Kier molecular flexibility index (Phi) is 6.12. The van der Waals surface area contributed by atoms with Crippen molar-refractivity contribution in [1.29, 1.82) is 0 Å². The lowest BCUT2D eigenvalue weighted by Crippen LogP contribution is -2.38. The van der Waals surface area contributed by atoms with Crippen LogP contribution in [-0.2, 0) is 4.74 Å². The summed E-state index contributed by atoms with van der Waals surface area (Å²) < 4.78 is 37.2. The second-order valence-electron chi connectivity index (χ2n) is 8.31. The van der Waals surface area contributed by atoms with Crippen LogP contribution in [-0.4, -0.2) is 57.0 Å². The predicted molar refractivity (Wildman–Crippen MR) is 117 cm³/mol. The molecule has 0 bridgehead atoms. The number of piperidine rings is 1. The molecule has 2 aliphatic heterocycles. The maximum Gasteiger partial charge on any atom is 0.387 e. The summed E-state index contributed by atoms with van der Waals surface area (Å²) in [4.78, 5) is 22.4. The van der Waals surface area contributed by atoms with Gasteiger partial charge >= 0.3 is 12.6 Å². The highest BCUT2D eigenvalue weighted by atomic mass is 19.3. The smallest absolute Gasteiger partial charge is 0.387 e. The molecule has 2 fully saturated rings. The van der Waals surface area contributed by atoms with Gasteiger partial charge in [-0.3, -0.25) is 0 Å². The summed E-state index contributed by atoms with van der Waals surface area (Å²) in [5.41, 5.74) is 2.08. The third-order valence-electron chi connectivity index (χ3n) is 5.97. The van der Waals surface area contributed by atoms with E-state index < -0.39 is 6.61 Å². The van der Waals surface area contributed by atoms with Crippen molar-refractivity contribution in [3.63, 3.8) is 0 Å². The van der Waals surface area contributed by atoms with Gasteiger partial charge in [-0.15, -0.1) is 0 Å². The van der Waals surface area contributed by atoms with Crippen molar-refractivity contribution in [2.24, 2.45) is 0 Å². The van der Waals surface area contributed by atoms with Gasteiger partial charge in [0.15, 0.2) is 11.5 Å². The fourth-order valence-electron chi connectivity index (χ4n) is 4.31. The van der Waals surface area contributed by atoms with E-state index >= 15 is 0 Å². The molecular formula is C22H26F2N6O3. The van der Waals surface area contributed by atoms with E-state index in [9.17, 15) is 13.6 Å². The van der Waals surface area contributed by atoms with Gasteiger partial charge in [0, 0.05) is 25.8 Å². The van der Waals surface area contributed by atoms with Crippen molar-refractivity contribution in [2.45, 2.75) is 51.4 Å². The van der Waals surface area contributed by atoms with Crippen molar-refractivity contribution < 1.29 is 23.0 Å². The normalized spacial score (nSPS) is 19.2. The van der Waals surface area contributed by atoms with Gasteiger partial charge in [0.25, 0.3) is 0 Å². The highest BCUT2D eigenvalue weighted by Crippen LogP contribution is 2.31. The van der Waals surface area contributed by atoms with Crippen LogP contribution in [0, 0.1) is 0 Å². The van der Waals surface area contributed by atoms with Crippen molar-refractivity contribution in [3.05, 3.63) is 24.4 Å². The second kappa shape index (κ2) is 9.34. The molecular weight excluding hydrogens is 434 g/mol. The fourth-order valence-corrected chi connectivity index (χ4v) is 4.31. The van der Waals surface area contributed by atoms with Gasteiger partial charge in [-0.1, -0.05) is 0 Å². The molecule has 176 valence electrons. The van der Waals surface area contributed by atoms with Gasteiger partial charge in [-0.25, -0.2) is 14.5 Å². The van der Waals surface area contributed by atoms with Crippen LogP contribution < -0.4 is 10.1 Å². The van der Waals surface area contributed by atoms with E-state index in [1.165, 1.54) is 12.1 Å². The summed E-state index contributed by atoms with van der Waals surface area (Å²) in [5.74, 6) is 0.454. The molecule has 2 aliphatic rings. The summed E-state index contributed by atoms with van der Waals surface area (Å²) in [6, 6.07) is 4.32. The lowest BCUT2D eigenvalue weighted by Gasteiger charge is -2.26. The number of imidazole rings is 1. The van der Waals surface area contributed by atoms with Crippen molar-refractivity contribution in [3.8, 4) is 17.3 Å². The largest absolute Gasteiger partial charge is 0.435 e. The molecule has 11 heteroatoms. The number of benzene rings is 1. The number of aromatic amines is 1. The minimum absolute atomic E-state index is 0.0347. The number of halogens is 2. The standard InChI is InChI=1S/C22H26F2N6O3/c23-21(24)33-14-7-8-15-16(12-14)26-20(25-15)19-17(27-22(31)29-9-3-1-4-10-29)13-30(28-19)18-6-2-5-11-32-18/h7-8,12-13,18,21H,1-6,9-11H2,(H,25,26)(H,27,31). The number of likely N-dealkylation sites (tertiary alicyclic amines) is 1. The molecule has 1 atom stereocenters. The first-order valence-electron chi connectivity index (χ1n) is 11.3. The number of aromatic nitrogens is 4. The summed E-state index contributed by atoms with van der Waals surface area (Å²) in [6.45, 7) is -0.808. The topological polar surface area (TPSA) is 97.3 Å². The molecule has 4 heterocycles. The van der Waals surface area contributed by atoms with Crippen molar-refractivity contribution in [1.82, 2.24) is 24.6 Å². The maximum absolute atomic E-state index is 12.9. The number of carbonyl (C=O) groups is 1. The number of amides is 2. The minimum Gasteiger partial charge on any atom is -0.435 e. The predicted octanol–water partition coefficient (Wildman–Crippen LogP) is 4.74. The number of fused-ring (bicyclic) bond motifs is 1. The maximum atomic E-state index is 12.9. The van der Waals surface area contributed by atoms with Crippen LogP contribution in [0.15, 0.2) is 24.4 Å². The minimum atomic E-state index is -2.91. The van der Waals surface area contributed by atoms with E-state index in [0.29, 0.717) is 34.8 Å². The number of urea groups is 1. The van der Waals surface area contributed by atoms with Crippen LogP contribution in [0.25, 0.3) is 22.6 Å². The van der Waals surface area contributed by atoms with Crippen LogP contribution in [0.4, 0.5) is 19.3 Å². The Morgan fingerprint density at radius 2 is 2.06 bits per heavy atom. The van der Waals surface area contributed by atoms with E-state index in [-0.39, 0.29) is 18.0 Å². The number of nitrogens with zero attached hydrogens (tertiary/aromatic N) is 4. The van der Waals surface area contributed by atoms with Crippen LogP contribution >= 0.6 is 0 Å². The highest BCUT2D eigenvalue weighted by molar-refractivity contribution is 5.93. The fraction of sp³-hybridized carbons (Fsp3) is 0.500. The first-order valence-corrected chi connectivity index (χ1v) is 11.3. The zero-order valence-electron chi connectivity index (χ0n) is 18.1. The number of alkyl halides is 2. The number of H-pyrrole nitrogens is 1. The zero-order chi connectivity index (χ0) is 22.8. The molecule has 1 aromatic carbocycles. The summed E-state index contributed by atoms with van der Waals surface area (Å²) in [7, 11) is 0. The Labute approximate surface area is 189 Å². The zero-order valence-corrected chi connectivity index (χ0v) is 18.1. The molecule has 2 saturated heterocycles. The third kappa shape index (κ3) is 4.77. The number of anilines is 1. The third-order valence-corrected chi connectivity index (χ3v) is 5.97. The van der Waals surface area contributed by atoms with Gasteiger partial charge in [0.2, 0.25) is 0 Å². The molecule has 2 N–H and O–H groups in total. The monoisotopic (exact) mass is 460 g/mol. The number of carbonyl (C=O) groups excluding carboxylic acids is 1. The number of rotatable bonds is 5. The molecule has 2 aromatic heterocycles. The SMILES string of the molecule is O=C(Nc1cn(C2CCCCO2)nc1-c1nc2ccc(OC(F)F)cc2[nH]1)N1CCCCC1. The molecule has 5 rings (SSSR count). The number of nitrogens with one attached hydrogen (secondary N) is 2. The lowest BCUT2D eigenvalue weighted by molar-refractivity contribution is -0.0497. The molecule has 0 aliphatic carbocycles. The first-order chi connectivity index (χ1) is 16.1. The average molecular weight is 460 g/mol. The summed E-state index contributed by atoms with van der Waals surface area (Å²) >= 11 is 0. The van der Waals surface area contributed by atoms with Crippen LogP contribution in [0.5, 0.6) is 5.75 Å². The Hall–Kier alpha value is -3.21. The van der Waals surface area contributed by atoms with Gasteiger partial charge in [-0.05, 0) is 50.7 Å². The van der Waals surface area contributed by atoms with Gasteiger partial charge < -0.3 is 24.7 Å². The number of hydrogen-bond acceptors (Lipinski definition) is 5. The molecule has 0 saturated carbocycles. The molecule has 3 aromatic rings. The number of hydrogen-bond donors (Lipinski definition) is 2. The van der Waals surface area contributed by atoms with Crippen molar-refractivity contribution in [2.75, 3.05) is 25.0 Å². The summed E-state index contributed by atoms with van der Waals surface area (Å²) in [6.07, 6.45) is 7.53. The van der Waals surface area contributed by atoms with Crippen LogP contribution in [0.2, 0.25) is 0 Å². The van der Waals surface area contributed by atoms with Crippen molar-refractivity contribution >= 4 is 22.8 Å². The first kappa shape index (κ1) is 21.6.